The van der Waals surface area contributed by atoms with Crippen LogP contribution in [0.1, 0.15) is 30.5 Å². The SMILES string of the molecule is NCc1ccc2nc(CC3CCCCS3)cn2c1. The molecule has 3 nitrogen and oxygen atoms in total. The fourth-order valence-corrected chi connectivity index (χ4v) is 3.84. The van der Waals surface area contributed by atoms with Gasteiger partial charge >= 0.3 is 0 Å². The van der Waals surface area contributed by atoms with Crippen LogP contribution >= 0.6 is 11.8 Å². The second-order valence-corrected chi connectivity index (χ2v) is 6.34. The van der Waals surface area contributed by atoms with Gasteiger partial charge in [0.1, 0.15) is 5.65 Å². The molecule has 1 aliphatic heterocycles. The zero-order valence-electron chi connectivity index (χ0n) is 10.5. The molecule has 1 unspecified atom stereocenters. The van der Waals surface area contributed by atoms with Gasteiger partial charge in [-0.1, -0.05) is 12.5 Å². The van der Waals surface area contributed by atoms with Crippen LogP contribution in [-0.4, -0.2) is 20.4 Å². The fraction of sp³-hybridized carbons (Fsp3) is 0.500. The minimum absolute atomic E-state index is 0.585. The lowest BCUT2D eigenvalue weighted by atomic mass is 10.1. The van der Waals surface area contributed by atoms with Crippen molar-refractivity contribution in [1.29, 1.82) is 0 Å². The first-order chi connectivity index (χ1) is 8.85. The summed E-state index contributed by atoms with van der Waals surface area (Å²) in [5.74, 6) is 1.31. The third-order valence-electron chi connectivity index (χ3n) is 3.51. The Bertz CT molecular complexity index is 529. The first-order valence-electron chi connectivity index (χ1n) is 6.63. The highest BCUT2D eigenvalue weighted by molar-refractivity contribution is 7.99. The largest absolute Gasteiger partial charge is 0.326 e. The van der Waals surface area contributed by atoms with Crippen LogP contribution in [0.25, 0.3) is 5.65 Å². The van der Waals surface area contributed by atoms with Crippen molar-refractivity contribution in [3.05, 3.63) is 35.8 Å². The average molecular weight is 261 g/mol. The van der Waals surface area contributed by atoms with Crippen LogP contribution in [0.3, 0.4) is 0 Å². The van der Waals surface area contributed by atoms with E-state index in [1.165, 1.54) is 30.7 Å². The monoisotopic (exact) mass is 261 g/mol. The summed E-state index contributed by atoms with van der Waals surface area (Å²) < 4.78 is 2.10. The molecule has 0 radical (unpaired) electrons. The van der Waals surface area contributed by atoms with Gasteiger partial charge in [0.15, 0.2) is 0 Å². The topological polar surface area (TPSA) is 43.3 Å². The molecule has 3 heterocycles. The first-order valence-corrected chi connectivity index (χ1v) is 7.68. The van der Waals surface area contributed by atoms with Crippen LogP contribution in [0.5, 0.6) is 0 Å². The maximum absolute atomic E-state index is 5.66. The summed E-state index contributed by atoms with van der Waals surface area (Å²) in [5.41, 5.74) is 9.05. The molecule has 0 saturated carbocycles. The molecule has 1 fully saturated rings. The Kier molecular flexibility index (Phi) is 3.57. The van der Waals surface area contributed by atoms with Crippen LogP contribution in [0.15, 0.2) is 24.5 Å². The molecular weight excluding hydrogens is 242 g/mol. The molecule has 2 aromatic rings. The predicted molar refractivity (Wildman–Crippen MR) is 76.9 cm³/mol. The van der Waals surface area contributed by atoms with Crippen LogP contribution in [-0.2, 0) is 13.0 Å². The Morgan fingerprint density at radius 3 is 3.06 bits per heavy atom. The maximum atomic E-state index is 5.66. The van der Waals surface area contributed by atoms with E-state index in [9.17, 15) is 0 Å². The van der Waals surface area contributed by atoms with Gasteiger partial charge in [-0.3, -0.25) is 0 Å². The van der Waals surface area contributed by atoms with Crippen molar-refractivity contribution in [3.63, 3.8) is 0 Å². The number of aromatic nitrogens is 2. The minimum Gasteiger partial charge on any atom is -0.326 e. The van der Waals surface area contributed by atoms with Crippen molar-refractivity contribution in [2.45, 2.75) is 37.5 Å². The lowest BCUT2D eigenvalue weighted by molar-refractivity contribution is 0.656. The summed E-state index contributed by atoms with van der Waals surface area (Å²) in [6.07, 6.45) is 9.44. The molecule has 96 valence electrons. The molecule has 0 aromatic carbocycles. The van der Waals surface area contributed by atoms with Gasteiger partial charge in [0.25, 0.3) is 0 Å². The Morgan fingerprint density at radius 1 is 1.33 bits per heavy atom. The van der Waals surface area contributed by atoms with Gasteiger partial charge < -0.3 is 10.1 Å². The van der Waals surface area contributed by atoms with Crippen molar-refractivity contribution >= 4 is 17.4 Å². The fourth-order valence-electron chi connectivity index (χ4n) is 2.51. The van der Waals surface area contributed by atoms with E-state index in [1.54, 1.807) is 0 Å². The van der Waals surface area contributed by atoms with Crippen LogP contribution < -0.4 is 5.73 Å². The number of pyridine rings is 1. The number of nitrogens with zero attached hydrogens (tertiary/aromatic N) is 2. The van der Waals surface area contributed by atoms with E-state index < -0.39 is 0 Å². The summed E-state index contributed by atoms with van der Waals surface area (Å²) >= 11 is 2.11. The highest BCUT2D eigenvalue weighted by atomic mass is 32.2. The number of imidazole rings is 1. The molecule has 2 aromatic heterocycles. The molecule has 1 aliphatic rings. The Morgan fingerprint density at radius 2 is 2.28 bits per heavy atom. The van der Waals surface area contributed by atoms with Gasteiger partial charge in [0, 0.05) is 30.6 Å². The number of hydrogen-bond acceptors (Lipinski definition) is 3. The third kappa shape index (κ3) is 2.54. The number of rotatable bonds is 3. The quantitative estimate of drug-likeness (QED) is 0.923. The van der Waals surface area contributed by atoms with Crippen LogP contribution in [0.4, 0.5) is 0 Å². The second-order valence-electron chi connectivity index (χ2n) is 4.93. The molecular formula is C14H19N3S. The molecule has 0 aliphatic carbocycles. The smallest absolute Gasteiger partial charge is 0.136 e. The maximum Gasteiger partial charge on any atom is 0.136 e. The van der Waals surface area contributed by atoms with E-state index in [-0.39, 0.29) is 0 Å². The third-order valence-corrected chi connectivity index (χ3v) is 4.91. The Labute approximate surface area is 112 Å². The molecule has 0 bridgehead atoms. The van der Waals surface area contributed by atoms with Crippen molar-refractivity contribution in [2.75, 3.05) is 5.75 Å². The van der Waals surface area contributed by atoms with Gasteiger partial charge in [-0.2, -0.15) is 11.8 Å². The predicted octanol–water partition coefficient (Wildman–Crippen LogP) is 2.62. The number of fused-ring (bicyclic) bond motifs is 1. The zero-order valence-corrected chi connectivity index (χ0v) is 11.3. The first kappa shape index (κ1) is 12.1. The highest BCUT2D eigenvalue weighted by Crippen LogP contribution is 2.27. The lowest BCUT2D eigenvalue weighted by Gasteiger charge is -2.19. The second kappa shape index (κ2) is 5.33. The van der Waals surface area contributed by atoms with Crippen LogP contribution in [0, 0.1) is 0 Å². The molecule has 18 heavy (non-hydrogen) atoms. The number of thioether (sulfide) groups is 1. The van der Waals surface area contributed by atoms with E-state index in [0.29, 0.717) is 6.54 Å². The summed E-state index contributed by atoms with van der Waals surface area (Å²) in [4.78, 5) is 4.69. The summed E-state index contributed by atoms with van der Waals surface area (Å²) in [5, 5.41) is 0.762. The summed E-state index contributed by atoms with van der Waals surface area (Å²) in [6, 6.07) is 4.11. The van der Waals surface area contributed by atoms with E-state index in [0.717, 1.165) is 22.9 Å². The van der Waals surface area contributed by atoms with Crippen LogP contribution in [0.2, 0.25) is 0 Å². The van der Waals surface area contributed by atoms with E-state index >= 15 is 0 Å². The van der Waals surface area contributed by atoms with E-state index in [2.05, 4.69) is 40.7 Å². The number of nitrogens with two attached hydrogens (primary N) is 1. The minimum atomic E-state index is 0.585. The molecule has 2 N–H and O–H groups in total. The molecule has 3 rings (SSSR count). The standard InChI is InChI=1S/C14H19N3S/c15-8-11-4-5-14-16-12(10-17(14)9-11)7-13-3-1-2-6-18-13/h4-5,9-10,13H,1-3,6-8,15H2. The normalized spacial score (nSPS) is 20.4. The van der Waals surface area contributed by atoms with Gasteiger partial charge in [-0.25, -0.2) is 4.98 Å². The average Bonchev–Trinajstić information content (AvgIpc) is 2.80. The van der Waals surface area contributed by atoms with Crippen molar-refractivity contribution < 1.29 is 0 Å². The number of hydrogen-bond donors (Lipinski definition) is 1. The van der Waals surface area contributed by atoms with Crippen molar-refractivity contribution in [1.82, 2.24) is 9.38 Å². The van der Waals surface area contributed by atoms with E-state index in [4.69, 9.17) is 10.7 Å². The zero-order chi connectivity index (χ0) is 12.4. The molecule has 0 spiro atoms. The van der Waals surface area contributed by atoms with E-state index in [1.807, 2.05) is 0 Å². The van der Waals surface area contributed by atoms with Gasteiger partial charge in [-0.05, 0) is 30.2 Å². The molecule has 4 heteroatoms. The van der Waals surface area contributed by atoms with Crippen molar-refractivity contribution in [3.8, 4) is 0 Å². The van der Waals surface area contributed by atoms with Gasteiger partial charge in [0.2, 0.25) is 0 Å². The Balaban J connectivity index is 1.79. The lowest BCUT2D eigenvalue weighted by Crippen LogP contribution is -2.12. The van der Waals surface area contributed by atoms with Gasteiger partial charge in [-0.15, -0.1) is 0 Å². The summed E-state index contributed by atoms with van der Waals surface area (Å²) in [6.45, 7) is 0.585. The molecule has 1 atom stereocenters. The highest BCUT2D eigenvalue weighted by Gasteiger charge is 2.15. The summed E-state index contributed by atoms with van der Waals surface area (Å²) in [7, 11) is 0. The molecule has 0 amide bonds. The Hall–Kier alpha value is -1.00. The van der Waals surface area contributed by atoms with Gasteiger partial charge in [0.05, 0.1) is 5.69 Å². The molecule has 1 saturated heterocycles. The van der Waals surface area contributed by atoms with Crippen molar-refractivity contribution in [2.24, 2.45) is 5.73 Å².